The Morgan fingerprint density at radius 2 is 1.50 bits per heavy atom. The molecule has 3 nitrogen and oxygen atoms in total. The van der Waals surface area contributed by atoms with Crippen LogP contribution in [0.5, 0.6) is 0 Å². The second kappa shape index (κ2) is 10.4. The Morgan fingerprint density at radius 1 is 0.900 bits per heavy atom. The summed E-state index contributed by atoms with van der Waals surface area (Å²) in [7, 11) is -0.510. The molecule has 0 aliphatic heterocycles. The minimum absolute atomic E-state index is 0.510. The molecule has 0 amide bonds. The van der Waals surface area contributed by atoms with Crippen molar-refractivity contribution in [1.29, 1.82) is 0 Å². The molecule has 0 aromatic heterocycles. The van der Waals surface area contributed by atoms with Crippen LogP contribution in [0.3, 0.4) is 0 Å². The van der Waals surface area contributed by atoms with Gasteiger partial charge in [0.15, 0.2) is 0 Å². The Labute approximate surface area is 124 Å². The van der Waals surface area contributed by atoms with Gasteiger partial charge in [-0.15, -0.1) is 0 Å². The van der Waals surface area contributed by atoms with E-state index in [1.165, 1.54) is 5.56 Å². The predicted octanol–water partition coefficient (Wildman–Crippen LogP) is 3.05. The highest BCUT2D eigenvalue weighted by atomic mass is 28.2. The number of benzene rings is 1. The van der Waals surface area contributed by atoms with E-state index in [1.54, 1.807) is 0 Å². The first-order chi connectivity index (χ1) is 9.81. The average molecular weight is 294 g/mol. The van der Waals surface area contributed by atoms with E-state index >= 15 is 0 Å². The zero-order valence-corrected chi connectivity index (χ0v) is 14.3. The molecule has 0 aliphatic rings. The Kier molecular flexibility index (Phi) is 8.63. The third-order valence-corrected chi connectivity index (χ3v) is 4.46. The fraction of sp³-hybridized carbons (Fsp3) is 0.500. The monoisotopic (exact) mass is 294 g/mol. The van der Waals surface area contributed by atoms with E-state index in [0.29, 0.717) is 25.8 Å². The van der Waals surface area contributed by atoms with E-state index < -0.39 is 9.52 Å². The van der Waals surface area contributed by atoms with Crippen LogP contribution >= 0.6 is 0 Å². The lowest BCUT2D eigenvalue weighted by molar-refractivity contribution is 0.0284. The molecule has 0 radical (unpaired) electrons. The van der Waals surface area contributed by atoms with Crippen molar-refractivity contribution < 1.29 is 14.2 Å². The van der Waals surface area contributed by atoms with Gasteiger partial charge in [-0.2, -0.15) is 0 Å². The van der Waals surface area contributed by atoms with Crippen LogP contribution in [0.4, 0.5) is 0 Å². The van der Waals surface area contributed by atoms with Crippen LogP contribution in [0, 0.1) is 0 Å². The van der Waals surface area contributed by atoms with Gasteiger partial charge in [0.1, 0.15) is 14.9 Å². The van der Waals surface area contributed by atoms with E-state index in [0.717, 1.165) is 17.8 Å². The van der Waals surface area contributed by atoms with Crippen LogP contribution in [-0.2, 0) is 20.6 Å². The number of rotatable bonds is 10. The molecule has 1 rings (SSSR count). The van der Waals surface area contributed by atoms with Gasteiger partial charge in [0.05, 0.1) is 19.8 Å². The van der Waals surface area contributed by atoms with Crippen molar-refractivity contribution in [1.82, 2.24) is 0 Å². The molecule has 0 heterocycles. The molecule has 1 aromatic rings. The molecule has 0 bridgehead atoms. The highest BCUT2D eigenvalue weighted by Crippen LogP contribution is 2.12. The van der Waals surface area contributed by atoms with Crippen molar-refractivity contribution in [3.05, 3.63) is 47.2 Å². The van der Waals surface area contributed by atoms with Crippen molar-refractivity contribution in [3.63, 3.8) is 0 Å². The lowest BCUT2D eigenvalue weighted by Gasteiger charge is -2.15. The molecule has 0 spiro atoms. The predicted molar refractivity (Wildman–Crippen MR) is 85.4 cm³/mol. The fourth-order valence-corrected chi connectivity index (χ4v) is 3.63. The number of hydrogen-bond donors (Lipinski definition) is 0. The SMILES string of the molecule is CCOC(OCC)=C(OCC)[SiH2]CCc1ccccc1. The summed E-state index contributed by atoms with van der Waals surface area (Å²) in [4.78, 5) is 0. The molecule has 0 saturated carbocycles. The Bertz CT molecular complexity index is 382. The summed E-state index contributed by atoms with van der Waals surface area (Å²) in [6.45, 7) is 7.82. The maximum absolute atomic E-state index is 5.74. The molecular weight excluding hydrogens is 268 g/mol. The summed E-state index contributed by atoms with van der Waals surface area (Å²) in [5, 5.41) is 0.965. The van der Waals surface area contributed by atoms with Crippen LogP contribution in [0.1, 0.15) is 26.3 Å². The lowest BCUT2D eigenvalue weighted by Crippen LogP contribution is -2.11. The molecule has 1 aromatic carbocycles. The molecule has 112 valence electrons. The summed E-state index contributed by atoms with van der Waals surface area (Å²) in [5.74, 6) is 0.608. The molecule has 0 atom stereocenters. The number of aryl methyl sites for hydroxylation is 1. The third-order valence-electron chi connectivity index (χ3n) is 2.81. The summed E-state index contributed by atoms with van der Waals surface area (Å²) in [6, 6.07) is 11.7. The standard InChI is InChI=1S/C16H26O3Si/c1-4-17-15(18-5-2)16(19-6-3)20-13-12-14-10-8-7-9-11-14/h7-11H,4-6,12-13,20H2,1-3H3. The topological polar surface area (TPSA) is 27.7 Å². The molecule has 20 heavy (non-hydrogen) atoms. The van der Waals surface area contributed by atoms with Gasteiger partial charge in [0.25, 0.3) is 0 Å². The average Bonchev–Trinajstić information content (AvgIpc) is 2.47. The van der Waals surface area contributed by atoms with Gasteiger partial charge in [0, 0.05) is 0 Å². The van der Waals surface area contributed by atoms with Crippen LogP contribution in [-0.4, -0.2) is 29.3 Å². The maximum Gasteiger partial charge on any atom is 0.312 e. The molecule has 0 N–H and O–H groups in total. The summed E-state index contributed by atoms with van der Waals surface area (Å²) in [6.07, 6.45) is 1.09. The van der Waals surface area contributed by atoms with Gasteiger partial charge < -0.3 is 14.2 Å². The van der Waals surface area contributed by atoms with E-state index in [4.69, 9.17) is 14.2 Å². The lowest BCUT2D eigenvalue weighted by atomic mass is 10.2. The molecule has 0 aliphatic carbocycles. The minimum Gasteiger partial charge on any atom is -0.497 e. The number of ether oxygens (including phenoxy) is 3. The maximum atomic E-state index is 5.74. The second-order valence-corrected chi connectivity index (χ2v) is 6.20. The zero-order chi connectivity index (χ0) is 14.6. The van der Waals surface area contributed by atoms with Crippen LogP contribution in [0.2, 0.25) is 6.04 Å². The first-order valence-corrected chi connectivity index (χ1v) is 9.17. The van der Waals surface area contributed by atoms with Crippen molar-refractivity contribution in [2.45, 2.75) is 33.2 Å². The Balaban J connectivity index is 2.58. The normalized spacial score (nSPS) is 10.6. The van der Waals surface area contributed by atoms with E-state index in [-0.39, 0.29) is 0 Å². The third kappa shape index (κ3) is 6.15. The van der Waals surface area contributed by atoms with E-state index in [9.17, 15) is 0 Å². The summed E-state index contributed by atoms with van der Waals surface area (Å²) in [5.41, 5.74) is 1.38. The van der Waals surface area contributed by atoms with E-state index in [1.807, 2.05) is 20.8 Å². The second-order valence-electron chi connectivity index (χ2n) is 4.35. The first kappa shape index (κ1) is 16.6. The molecule has 4 heteroatoms. The first-order valence-electron chi connectivity index (χ1n) is 7.47. The van der Waals surface area contributed by atoms with Crippen LogP contribution in [0.25, 0.3) is 0 Å². The van der Waals surface area contributed by atoms with Crippen molar-refractivity contribution >= 4 is 9.52 Å². The van der Waals surface area contributed by atoms with E-state index in [2.05, 4.69) is 30.3 Å². The molecule has 0 saturated heterocycles. The summed E-state index contributed by atoms with van der Waals surface area (Å²) >= 11 is 0. The molecule has 0 unspecified atom stereocenters. The highest BCUT2D eigenvalue weighted by Gasteiger charge is 2.11. The molecular formula is C16H26O3Si. The van der Waals surface area contributed by atoms with Gasteiger partial charge in [-0.3, -0.25) is 0 Å². The quantitative estimate of drug-likeness (QED) is 0.490. The van der Waals surface area contributed by atoms with Gasteiger partial charge in [-0.05, 0) is 32.8 Å². The van der Waals surface area contributed by atoms with Gasteiger partial charge in [-0.1, -0.05) is 36.4 Å². The van der Waals surface area contributed by atoms with Crippen molar-refractivity contribution in [2.24, 2.45) is 0 Å². The summed E-state index contributed by atoms with van der Waals surface area (Å²) < 4.78 is 16.9. The van der Waals surface area contributed by atoms with Gasteiger partial charge in [-0.25, -0.2) is 0 Å². The zero-order valence-electron chi connectivity index (χ0n) is 12.9. The smallest absolute Gasteiger partial charge is 0.312 e. The largest absolute Gasteiger partial charge is 0.497 e. The Morgan fingerprint density at radius 3 is 2.05 bits per heavy atom. The van der Waals surface area contributed by atoms with Crippen LogP contribution < -0.4 is 0 Å². The van der Waals surface area contributed by atoms with Gasteiger partial charge in [0.2, 0.25) is 0 Å². The van der Waals surface area contributed by atoms with Gasteiger partial charge >= 0.3 is 5.95 Å². The Hall–Kier alpha value is -1.42. The van der Waals surface area contributed by atoms with Crippen LogP contribution in [0.15, 0.2) is 41.7 Å². The minimum atomic E-state index is -0.510. The fourth-order valence-electron chi connectivity index (χ4n) is 1.97. The number of hydrogen-bond acceptors (Lipinski definition) is 3. The van der Waals surface area contributed by atoms with Crippen molar-refractivity contribution in [3.8, 4) is 0 Å². The molecule has 0 fully saturated rings. The highest BCUT2D eigenvalue weighted by molar-refractivity contribution is 6.44. The van der Waals surface area contributed by atoms with Crippen molar-refractivity contribution in [2.75, 3.05) is 19.8 Å².